The van der Waals surface area contributed by atoms with Crippen LogP contribution in [0.1, 0.15) is 40.5 Å². The van der Waals surface area contributed by atoms with Crippen LogP contribution < -0.4 is 16.4 Å². The van der Waals surface area contributed by atoms with Gasteiger partial charge in [0.1, 0.15) is 6.04 Å². The second kappa shape index (κ2) is 8.72. The summed E-state index contributed by atoms with van der Waals surface area (Å²) in [4.78, 5) is 37.4. The van der Waals surface area contributed by atoms with E-state index in [0.717, 1.165) is 18.6 Å². The number of aliphatic hydroxyl groups excluding tert-OH is 1. The van der Waals surface area contributed by atoms with Crippen LogP contribution in [0.5, 0.6) is 0 Å². The van der Waals surface area contributed by atoms with Crippen LogP contribution >= 0.6 is 11.8 Å². The van der Waals surface area contributed by atoms with Gasteiger partial charge in [0.05, 0.1) is 17.0 Å². The summed E-state index contributed by atoms with van der Waals surface area (Å²) in [6, 6.07) is -1.32. The highest BCUT2D eigenvalue weighted by molar-refractivity contribution is 8.00. The topological polar surface area (TPSA) is 125 Å². The predicted molar refractivity (Wildman–Crippen MR) is 108 cm³/mol. The van der Waals surface area contributed by atoms with Gasteiger partial charge in [-0.1, -0.05) is 26.7 Å². The number of thioether (sulfide) groups is 1. The third kappa shape index (κ3) is 5.63. The molecule has 0 aromatic rings. The SMILES string of the molecule is C[C@@H](O)[C@H](NC(=O)C#CC1CSC2(CCN(C(=O)C(C)(C)C)CC2)N1)C(N)=O. The molecule has 0 radical (unpaired) electrons. The Morgan fingerprint density at radius 1 is 1.32 bits per heavy atom. The van der Waals surface area contributed by atoms with Gasteiger partial charge in [0.15, 0.2) is 0 Å². The molecule has 3 atom stereocenters. The van der Waals surface area contributed by atoms with Crippen LogP contribution in [0.2, 0.25) is 0 Å². The second-order valence-electron chi connectivity index (χ2n) is 8.41. The monoisotopic (exact) mass is 410 g/mol. The number of nitrogens with two attached hydrogens (primary N) is 1. The van der Waals surface area contributed by atoms with Crippen molar-refractivity contribution >= 4 is 29.5 Å². The average Bonchev–Trinajstić information content (AvgIpc) is 2.99. The molecule has 0 aromatic carbocycles. The van der Waals surface area contributed by atoms with Crippen LogP contribution in [0.15, 0.2) is 0 Å². The van der Waals surface area contributed by atoms with E-state index in [1.54, 1.807) is 11.8 Å². The van der Waals surface area contributed by atoms with Crippen molar-refractivity contribution in [2.75, 3.05) is 18.8 Å². The Balaban J connectivity index is 1.88. The van der Waals surface area contributed by atoms with Crippen LogP contribution in [0.3, 0.4) is 0 Å². The van der Waals surface area contributed by atoms with E-state index in [-0.39, 0.29) is 22.2 Å². The number of piperidine rings is 1. The van der Waals surface area contributed by atoms with E-state index in [1.165, 1.54) is 6.92 Å². The standard InChI is InChI=1S/C19H30N4O4S/c1-12(24)15(16(20)26)21-14(25)6-5-13-11-28-19(22-13)7-9-23(10-8-19)17(27)18(2,3)4/h12-13,15,22,24H,7-11H2,1-4H3,(H2,20,26)(H,21,25)/t12-,13?,15+/m1/s1. The highest BCUT2D eigenvalue weighted by atomic mass is 32.2. The van der Waals surface area contributed by atoms with Crippen molar-refractivity contribution in [1.82, 2.24) is 15.5 Å². The van der Waals surface area contributed by atoms with Crippen LogP contribution in [0, 0.1) is 17.3 Å². The minimum absolute atomic E-state index is 0.125. The molecule has 2 rings (SSSR count). The Morgan fingerprint density at radius 2 is 1.93 bits per heavy atom. The van der Waals surface area contributed by atoms with Gasteiger partial charge in [-0.25, -0.2) is 0 Å². The molecule has 2 fully saturated rings. The first-order valence-electron chi connectivity index (χ1n) is 9.44. The maximum absolute atomic E-state index is 12.4. The Bertz CT molecular complexity index is 684. The molecule has 8 nitrogen and oxygen atoms in total. The van der Waals surface area contributed by atoms with Crippen LogP contribution in [-0.4, -0.2) is 69.6 Å². The third-order valence-electron chi connectivity index (χ3n) is 4.90. The molecule has 0 aliphatic carbocycles. The fourth-order valence-corrected chi connectivity index (χ4v) is 4.66. The van der Waals surface area contributed by atoms with Crippen molar-refractivity contribution < 1.29 is 19.5 Å². The summed E-state index contributed by atoms with van der Waals surface area (Å²) in [6.07, 6.45) is 0.568. The lowest BCUT2D eigenvalue weighted by Crippen LogP contribution is -2.53. The number of carbonyl (C=O) groups is 3. The molecule has 9 heteroatoms. The first-order valence-corrected chi connectivity index (χ1v) is 10.4. The van der Waals surface area contributed by atoms with E-state index in [2.05, 4.69) is 22.5 Å². The normalized spacial score (nSPS) is 23.5. The lowest BCUT2D eigenvalue weighted by atomic mass is 9.92. The number of amides is 3. The lowest BCUT2D eigenvalue weighted by Gasteiger charge is -2.41. The molecular formula is C19H30N4O4S. The number of primary amides is 1. The summed E-state index contributed by atoms with van der Waals surface area (Å²) in [5.41, 5.74) is 4.77. The molecule has 1 spiro atoms. The largest absolute Gasteiger partial charge is 0.391 e. The van der Waals surface area contributed by atoms with E-state index in [9.17, 15) is 19.5 Å². The number of hydrogen-bond acceptors (Lipinski definition) is 6. The number of nitrogens with one attached hydrogen (secondary N) is 2. The summed E-state index contributed by atoms with van der Waals surface area (Å²) in [5, 5.41) is 15.3. The number of aliphatic hydroxyl groups is 1. The summed E-state index contributed by atoms with van der Waals surface area (Å²) in [6.45, 7) is 8.56. The van der Waals surface area contributed by atoms with Gasteiger partial charge in [-0.05, 0) is 25.7 Å². The van der Waals surface area contributed by atoms with Crippen molar-refractivity contribution in [1.29, 1.82) is 0 Å². The van der Waals surface area contributed by atoms with Gasteiger partial charge in [-0.15, -0.1) is 11.8 Å². The van der Waals surface area contributed by atoms with E-state index in [4.69, 9.17) is 5.73 Å². The Labute approximate surface area is 170 Å². The summed E-state index contributed by atoms with van der Waals surface area (Å²) in [5.74, 6) is 4.81. The number of likely N-dealkylation sites (tertiary alicyclic amines) is 1. The highest BCUT2D eigenvalue weighted by Crippen LogP contribution is 2.39. The molecule has 28 heavy (non-hydrogen) atoms. The van der Waals surface area contributed by atoms with Crippen molar-refractivity contribution in [2.45, 2.75) is 63.6 Å². The summed E-state index contributed by atoms with van der Waals surface area (Å²) in [7, 11) is 0. The first-order chi connectivity index (χ1) is 12.9. The maximum atomic E-state index is 12.4. The van der Waals surface area contributed by atoms with E-state index in [0.29, 0.717) is 13.1 Å². The molecule has 0 bridgehead atoms. The van der Waals surface area contributed by atoms with Gasteiger partial charge in [0.2, 0.25) is 11.8 Å². The quantitative estimate of drug-likeness (QED) is 0.461. The number of nitrogens with zero attached hydrogens (tertiary/aromatic N) is 1. The number of hydrogen-bond donors (Lipinski definition) is 4. The van der Waals surface area contributed by atoms with Gasteiger partial charge in [-0.3, -0.25) is 19.7 Å². The Hall–Kier alpha value is -1.76. The van der Waals surface area contributed by atoms with Gasteiger partial charge >= 0.3 is 0 Å². The van der Waals surface area contributed by atoms with Crippen LogP contribution in [0.4, 0.5) is 0 Å². The van der Waals surface area contributed by atoms with Crippen LogP contribution in [0.25, 0.3) is 0 Å². The zero-order valence-corrected chi connectivity index (χ0v) is 17.7. The number of carbonyl (C=O) groups excluding carboxylic acids is 3. The summed E-state index contributed by atoms with van der Waals surface area (Å²) < 4.78 is 0. The maximum Gasteiger partial charge on any atom is 0.296 e. The van der Waals surface area contributed by atoms with Crippen molar-refractivity contribution in [3.63, 3.8) is 0 Å². The minimum atomic E-state index is -1.16. The van der Waals surface area contributed by atoms with Crippen molar-refractivity contribution in [3.8, 4) is 11.8 Å². The fraction of sp³-hybridized carbons (Fsp3) is 0.737. The van der Waals surface area contributed by atoms with Crippen molar-refractivity contribution in [3.05, 3.63) is 0 Å². The summed E-state index contributed by atoms with van der Waals surface area (Å²) >= 11 is 1.77. The first kappa shape index (κ1) is 22.5. The smallest absolute Gasteiger partial charge is 0.296 e. The molecule has 3 amide bonds. The highest BCUT2D eigenvalue weighted by Gasteiger charge is 2.43. The molecule has 0 saturated carbocycles. The predicted octanol–water partition coefficient (Wildman–Crippen LogP) is -0.589. The zero-order valence-electron chi connectivity index (χ0n) is 16.9. The van der Waals surface area contributed by atoms with Gasteiger partial charge in [-0.2, -0.15) is 0 Å². The van der Waals surface area contributed by atoms with E-state index in [1.807, 2.05) is 25.7 Å². The molecule has 2 aliphatic rings. The second-order valence-corrected chi connectivity index (χ2v) is 9.81. The zero-order chi connectivity index (χ0) is 21.1. The number of rotatable bonds is 3. The van der Waals surface area contributed by atoms with Gasteiger partial charge in [0.25, 0.3) is 5.91 Å². The molecular weight excluding hydrogens is 380 g/mol. The molecule has 1 unspecified atom stereocenters. The van der Waals surface area contributed by atoms with E-state index >= 15 is 0 Å². The van der Waals surface area contributed by atoms with Crippen LogP contribution in [-0.2, 0) is 14.4 Å². The fourth-order valence-electron chi connectivity index (χ4n) is 3.31. The van der Waals surface area contributed by atoms with Crippen molar-refractivity contribution in [2.24, 2.45) is 11.1 Å². The molecule has 156 valence electrons. The third-order valence-corrected chi connectivity index (χ3v) is 6.48. The molecule has 2 saturated heterocycles. The Morgan fingerprint density at radius 3 is 2.43 bits per heavy atom. The van der Waals surface area contributed by atoms with Gasteiger partial charge < -0.3 is 21.1 Å². The molecule has 2 heterocycles. The Kier molecular flexibility index (Phi) is 7.02. The van der Waals surface area contributed by atoms with Gasteiger partial charge in [0, 0.05) is 24.3 Å². The molecule has 2 aliphatic heterocycles. The average molecular weight is 411 g/mol. The van der Waals surface area contributed by atoms with E-state index < -0.39 is 24.0 Å². The molecule has 5 N–H and O–H groups in total. The minimum Gasteiger partial charge on any atom is -0.391 e. The lowest BCUT2D eigenvalue weighted by molar-refractivity contribution is -0.140. The molecule has 0 aromatic heterocycles.